The molecule has 0 aliphatic carbocycles. The Morgan fingerprint density at radius 3 is 1.98 bits per heavy atom. The molecule has 3 aromatic rings. The zero-order chi connectivity index (χ0) is 30.6. The standard InChI is InChI=1S/C18H20N2O4S.C13H16N2O3/c1-2-23-17(21)14-12-25-16(19-14)15-9-6-10-20(15)18(22)24-11-13-7-4-3-5-8-13;14-12(16)11-7-4-8-15(11)13(17)18-9-10-5-2-1-3-6-10/h3-5,7-8,12,15H,2,6,9-11H2,1H3;1-3,5-6,11H,4,7-9H2,(H2,14,16)/t15-;11-/m00/s1. The molecule has 2 atom stereocenters. The molecule has 11 nitrogen and oxygen atoms in total. The van der Waals surface area contributed by atoms with Crippen molar-refractivity contribution in [3.8, 4) is 0 Å². The molecule has 3 amide bonds. The lowest BCUT2D eigenvalue weighted by Gasteiger charge is -2.22. The van der Waals surface area contributed by atoms with Crippen molar-refractivity contribution in [1.29, 1.82) is 0 Å². The molecule has 0 unspecified atom stereocenters. The number of benzene rings is 2. The van der Waals surface area contributed by atoms with Crippen molar-refractivity contribution in [2.75, 3.05) is 19.7 Å². The third-order valence-electron chi connectivity index (χ3n) is 7.00. The van der Waals surface area contributed by atoms with Crippen LogP contribution in [-0.4, -0.2) is 64.6 Å². The number of aromatic nitrogens is 1. The average Bonchev–Trinajstić information content (AvgIpc) is 3.81. The molecule has 0 spiro atoms. The lowest BCUT2D eigenvalue weighted by Crippen LogP contribution is -2.43. The first-order valence-corrected chi connectivity index (χ1v) is 15.1. The van der Waals surface area contributed by atoms with E-state index in [1.54, 1.807) is 17.2 Å². The summed E-state index contributed by atoms with van der Waals surface area (Å²) in [5.41, 5.74) is 7.41. The van der Waals surface area contributed by atoms with Crippen molar-refractivity contribution >= 4 is 35.4 Å². The van der Waals surface area contributed by atoms with Gasteiger partial charge in [-0.15, -0.1) is 11.3 Å². The largest absolute Gasteiger partial charge is 0.461 e. The maximum atomic E-state index is 12.4. The van der Waals surface area contributed by atoms with Crippen LogP contribution in [0.25, 0.3) is 0 Å². The third kappa shape index (κ3) is 8.77. The van der Waals surface area contributed by atoms with Crippen LogP contribution in [0.4, 0.5) is 9.59 Å². The number of hydrogen-bond acceptors (Lipinski definition) is 9. The number of amides is 3. The van der Waals surface area contributed by atoms with Crippen LogP contribution in [0.2, 0.25) is 0 Å². The van der Waals surface area contributed by atoms with E-state index in [9.17, 15) is 19.2 Å². The highest BCUT2D eigenvalue weighted by molar-refractivity contribution is 7.09. The van der Waals surface area contributed by atoms with Crippen molar-refractivity contribution in [3.05, 3.63) is 87.9 Å². The van der Waals surface area contributed by atoms with Crippen molar-refractivity contribution in [3.63, 3.8) is 0 Å². The summed E-state index contributed by atoms with van der Waals surface area (Å²) in [7, 11) is 0. The number of likely N-dealkylation sites (tertiary alicyclic amines) is 2. The maximum Gasteiger partial charge on any atom is 0.410 e. The summed E-state index contributed by atoms with van der Waals surface area (Å²) in [6.45, 7) is 3.68. The molecule has 12 heteroatoms. The Morgan fingerprint density at radius 2 is 1.40 bits per heavy atom. The summed E-state index contributed by atoms with van der Waals surface area (Å²) < 4.78 is 15.6. The van der Waals surface area contributed by atoms with E-state index in [-0.39, 0.29) is 25.3 Å². The van der Waals surface area contributed by atoms with Crippen LogP contribution in [0.15, 0.2) is 66.0 Å². The second-order valence-corrected chi connectivity index (χ2v) is 10.9. The first-order valence-electron chi connectivity index (χ1n) is 14.2. The first-order chi connectivity index (χ1) is 20.9. The van der Waals surface area contributed by atoms with Gasteiger partial charge in [0, 0.05) is 18.5 Å². The van der Waals surface area contributed by atoms with Gasteiger partial charge >= 0.3 is 18.2 Å². The van der Waals surface area contributed by atoms with Crippen molar-refractivity contribution in [2.45, 2.75) is 57.9 Å². The van der Waals surface area contributed by atoms with Crippen LogP contribution < -0.4 is 5.73 Å². The molecule has 2 saturated heterocycles. The van der Waals surface area contributed by atoms with Gasteiger partial charge in [0.2, 0.25) is 5.91 Å². The summed E-state index contributed by atoms with van der Waals surface area (Å²) in [6, 6.07) is 18.3. The van der Waals surface area contributed by atoms with E-state index < -0.39 is 24.0 Å². The first kappa shape index (κ1) is 31.5. The zero-order valence-corrected chi connectivity index (χ0v) is 24.9. The molecule has 2 aliphatic rings. The van der Waals surface area contributed by atoms with Gasteiger partial charge in [0.25, 0.3) is 0 Å². The summed E-state index contributed by atoms with van der Waals surface area (Å²) in [5, 5.41) is 2.43. The molecule has 0 bridgehead atoms. The molecule has 5 rings (SSSR count). The van der Waals surface area contributed by atoms with Gasteiger partial charge in [0.1, 0.15) is 24.3 Å². The van der Waals surface area contributed by atoms with Gasteiger partial charge in [-0.05, 0) is 43.7 Å². The fourth-order valence-electron chi connectivity index (χ4n) is 4.87. The second-order valence-electron chi connectivity index (χ2n) is 9.98. The SMILES string of the molecule is CCOC(=O)c1csc([C@@H]2CCCN2C(=O)OCc2ccccc2)n1.NC(=O)[C@@H]1CCCN1C(=O)OCc1ccccc1. The number of carbonyl (C=O) groups is 4. The normalized spacial score (nSPS) is 17.5. The molecular formula is C31H36N4O7S. The monoisotopic (exact) mass is 608 g/mol. The topological polar surface area (TPSA) is 141 Å². The molecule has 43 heavy (non-hydrogen) atoms. The highest BCUT2D eigenvalue weighted by Gasteiger charge is 2.34. The van der Waals surface area contributed by atoms with Gasteiger partial charge in [-0.3, -0.25) is 14.6 Å². The van der Waals surface area contributed by atoms with Gasteiger partial charge < -0.3 is 19.9 Å². The minimum absolute atomic E-state index is 0.142. The lowest BCUT2D eigenvalue weighted by molar-refractivity contribution is -0.121. The van der Waals surface area contributed by atoms with E-state index in [0.29, 0.717) is 31.8 Å². The van der Waals surface area contributed by atoms with E-state index >= 15 is 0 Å². The van der Waals surface area contributed by atoms with Crippen LogP contribution in [0.5, 0.6) is 0 Å². The second kappa shape index (κ2) is 15.7. The van der Waals surface area contributed by atoms with Crippen LogP contribution in [0.3, 0.4) is 0 Å². The summed E-state index contributed by atoms with van der Waals surface area (Å²) in [4.78, 5) is 54.6. The molecule has 228 valence electrons. The number of ether oxygens (including phenoxy) is 3. The number of carbonyl (C=O) groups excluding carboxylic acids is 4. The Hall–Kier alpha value is -4.45. The van der Waals surface area contributed by atoms with E-state index in [4.69, 9.17) is 19.9 Å². The molecule has 2 aliphatic heterocycles. The number of nitrogens with two attached hydrogens (primary N) is 1. The molecular weight excluding hydrogens is 572 g/mol. The minimum atomic E-state index is -0.520. The van der Waals surface area contributed by atoms with E-state index in [1.165, 1.54) is 16.2 Å². The molecule has 1 aromatic heterocycles. The lowest BCUT2D eigenvalue weighted by atomic mass is 10.2. The molecule has 3 heterocycles. The summed E-state index contributed by atoms with van der Waals surface area (Å²) in [5.74, 6) is -0.898. The number of hydrogen-bond donors (Lipinski definition) is 1. The van der Waals surface area contributed by atoms with Crippen LogP contribution in [0, 0.1) is 0 Å². The number of esters is 1. The van der Waals surface area contributed by atoms with Crippen molar-refractivity contribution in [1.82, 2.24) is 14.8 Å². The summed E-state index contributed by atoms with van der Waals surface area (Å²) in [6.07, 6.45) is 2.29. The highest BCUT2D eigenvalue weighted by atomic mass is 32.1. The molecule has 0 radical (unpaired) electrons. The van der Waals surface area contributed by atoms with Crippen molar-refractivity contribution < 1.29 is 33.4 Å². The Labute approximate surface area is 254 Å². The quantitative estimate of drug-likeness (QED) is 0.276. The van der Waals surface area contributed by atoms with Crippen LogP contribution >= 0.6 is 11.3 Å². The summed E-state index contributed by atoms with van der Waals surface area (Å²) >= 11 is 1.38. The average molecular weight is 609 g/mol. The van der Waals surface area contributed by atoms with Crippen LogP contribution in [-0.2, 0) is 32.2 Å². The number of nitrogens with zero attached hydrogens (tertiary/aromatic N) is 3. The highest BCUT2D eigenvalue weighted by Crippen LogP contribution is 2.34. The molecule has 2 aromatic carbocycles. The smallest absolute Gasteiger partial charge is 0.410 e. The van der Waals surface area contributed by atoms with E-state index in [2.05, 4.69) is 4.98 Å². The number of rotatable bonds is 8. The Balaban J connectivity index is 0.000000208. The fraction of sp³-hybridized carbons (Fsp3) is 0.387. The van der Waals surface area contributed by atoms with Gasteiger partial charge in [-0.2, -0.15) is 0 Å². The molecule has 2 fully saturated rings. The number of thiazole rings is 1. The third-order valence-corrected chi connectivity index (χ3v) is 7.95. The van der Waals surface area contributed by atoms with E-state index in [1.807, 2.05) is 60.7 Å². The van der Waals surface area contributed by atoms with E-state index in [0.717, 1.165) is 35.4 Å². The van der Waals surface area contributed by atoms with Gasteiger partial charge in [0.15, 0.2) is 5.69 Å². The zero-order valence-electron chi connectivity index (χ0n) is 24.1. The minimum Gasteiger partial charge on any atom is -0.461 e. The van der Waals surface area contributed by atoms with Gasteiger partial charge in [0.05, 0.1) is 12.6 Å². The molecule has 0 saturated carbocycles. The van der Waals surface area contributed by atoms with Crippen molar-refractivity contribution in [2.24, 2.45) is 5.73 Å². The van der Waals surface area contributed by atoms with Gasteiger partial charge in [-0.1, -0.05) is 60.7 Å². The molecule has 2 N–H and O–H groups in total. The predicted molar refractivity (Wildman–Crippen MR) is 159 cm³/mol. The predicted octanol–water partition coefficient (Wildman–Crippen LogP) is 5.07. The van der Waals surface area contributed by atoms with Crippen LogP contribution in [0.1, 0.15) is 65.3 Å². The van der Waals surface area contributed by atoms with Gasteiger partial charge in [-0.25, -0.2) is 19.4 Å². The maximum absolute atomic E-state index is 12.4. The Morgan fingerprint density at radius 1 is 0.837 bits per heavy atom. The fourth-order valence-corrected chi connectivity index (χ4v) is 5.80. The Bertz CT molecular complexity index is 1370. The Kier molecular flexibility index (Phi) is 11.5. The number of primary amides is 1.